The van der Waals surface area contributed by atoms with E-state index in [2.05, 4.69) is 61.4 Å². The molecule has 0 amide bonds. The first kappa shape index (κ1) is 23.4. The molecule has 0 radical (unpaired) electrons. The minimum absolute atomic E-state index is 0.156. The van der Waals surface area contributed by atoms with Crippen molar-refractivity contribution in [3.63, 3.8) is 0 Å². The third-order valence-corrected chi connectivity index (χ3v) is 7.11. The highest BCUT2D eigenvalue weighted by atomic mass is 16.5. The molecule has 3 atom stereocenters. The number of piperidine rings is 1. The van der Waals surface area contributed by atoms with Crippen molar-refractivity contribution < 1.29 is 14.2 Å². The third-order valence-electron chi connectivity index (χ3n) is 7.11. The second-order valence-electron chi connectivity index (χ2n) is 8.89. The summed E-state index contributed by atoms with van der Waals surface area (Å²) in [6, 6.07) is 15.4. The number of nitrogens with zero attached hydrogens (tertiary/aromatic N) is 1. The van der Waals surface area contributed by atoms with Crippen molar-refractivity contribution in [1.29, 1.82) is 0 Å². The van der Waals surface area contributed by atoms with Crippen molar-refractivity contribution in [3.05, 3.63) is 53.6 Å². The first-order valence-corrected chi connectivity index (χ1v) is 11.2. The normalized spacial score (nSPS) is 24.1. The van der Waals surface area contributed by atoms with E-state index in [0.717, 1.165) is 49.7 Å². The maximum absolute atomic E-state index is 5.44. The van der Waals surface area contributed by atoms with Gasteiger partial charge in [0, 0.05) is 24.5 Å². The summed E-state index contributed by atoms with van der Waals surface area (Å²) in [7, 11) is 7.31. The third kappa shape index (κ3) is 5.16. The number of methoxy groups -OCH3 is 3. The van der Waals surface area contributed by atoms with Crippen molar-refractivity contribution in [2.75, 3.05) is 41.5 Å². The minimum atomic E-state index is 0.156. The number of likely N-dealkylation sites (tertiary alicyclic amines) is 1. The highest BCUT2D eigenvalue weighted by Gasteiger charge is 2.43. The van der Waals surface area contributed by atoms with Gasteiger partial charge in [0.15, 0.2) is 11.5 Å². The molecule has 1 saturated heterocycles. The Balaban J connectivity index is 1.72. The van der Waals surface area contributed by atoms with Crippen LogP contribution in [0.15, 0.2) is 42.5 Å². The maximum Gasteiger partial charge on any atom is 0.161 e. The molecule has 0 unspecified atom stereocenters. The van der Waals surface area contributed by atoms with Gasteiger partial charge >= 0.3 is 0 Å². The van der Waals surface area contributed by atoms with E-state index in [1.807, 2.05) is 12.1 Å². The van der Waals surface area contributed by atoms with Crippen LogP contribution in [0.3, 0.4) is 0 Å². The minimum Gasteiger partial charge on any atom is -0.497 e. The van der Waals surface area contributed by atoms with Gasteiger partial charge in [0.25, 0.3) is 0 Å². The first-order chi connectivity index (χ1) is 14.9. The van der Waals surface area contributed by atoms with E-state index in [4.69, 9.17) is 14.2 Å². The van der Waals surface area contributed by atoms with Crippen LogP contribution >= 0.6 is 0 Å². The zero-order valence-electron chi connectivity index (χ0n) is 19.9. The Morgan fingerprint density at radius 1 is 0.968 bits per heavy atom. The molecule has 0 saturated carbocycles. The lowest BCUT2D eigenvalue weighted by atomic mass is 9.63. The molecule has 2 aromatic carbocycles. The van der Waals surface area contributed by atoms with Gasteiger partial charge in [0.1, 0.15) is 5.75 Å². The van der Waals surface area contributed by atoms with Crippen LogP contribution in [0.2, 0.25) is 0 Å². The fraction of sp³-hybridized carbons (Fsp3) is 0.538. The van der Waals surface area contributed by atoms with Gasteiger partial charge < -0.3 is 24.4 Å². The summed E-state index contributed by atoms with van der Waals surface area (Å²) in [5, 5.41) is 3.67. The van der Waals surface area contributed by atoms with Crippen molar-refractivity contribution in [2.24, 2.45) is 5.92 Å². The van der Waals surface area contributed by atoms with E-state index in [1.54, 1.807) is 21.3 Å². The van der Waals surface area contributed by atoms with E-state index in [-0.39, 0.29) is 5.41 Å². The average molecular weight is 427 g/mol. The van der Waals surface area contributed by atoms with Crippen molar-refractivity contribution in [3.8, 4) is 17.2 Å². The van der Waals surface area contributed by atoms with Crippen LogP contribution in [0.5, 0.6) is 17.2 Å². The summed E-state index contributed by atoms with van der Waals surface area (Å²) < 4.78 is 16.2. The van der Waals surface area contributed by atoms with Crippen molar-refractivity contribution in [2.45, 2.75) is 44.7 Å². The molecular formula is C26H38N2O3. The SMILES string of the molecule is COc1ccc([C@]2(CCNCc3ccc(OC)c(OC)c3)C[C@H](C)N(C)C[C@H]2C)cc1. The van der Waals surface area contributed by atoms with Crippen LogP contribution in [-0.2, 0) is 12.0 Å². The summed E-state index contributed by atoms with van der Waals surface area (Å²) in [4.78, 5) is 2.49. The van der Waals surface area contributed by atoms with Crippen LogP contribution in [0.1, 0.15) is 37.8 Å². The lowest BCUT2D eigenvalue weighted by Gasteiger charge is -2.50. The molecular weight excluding hydrogens is 388 g/mol. The molecule has 1 heterocycles. The molecule has 31 heavy (non-hydrogen) atoms. The van der Waals surface area contributed by atoms with Gasteiger partial charge in [-0.05, 0) is 74.7 Å². The number of nitrogens with one attached hydrogen (secondary N) is 1. The Morgan fingerprint density at radius 2 is 1.68 bits per heavy atom. The topological polar surface area (TPSA) is 43.0 Å². The van der Waals surface area contributed by atoms with Crippen molar-refractivity contribution >= 4 is 0 Å². The number of benzene rings is 2. The Hall–Kier alpha value is -2.24. The average Bonchev–Trinajstić information content (AvgIpc) is 2.79. The molecule has 1 N–H and O–H groups in total. The summed E-state index contributed by atoms with van der Waals surface area (Å²) >= 11 is 0. The predicted molar refractivity (Wildman–Crippen MR) is 126 cm³/mol. The zero-order valence-corrected chi connectivity index (χ0v) is 19.9. The monoisotopic (exact) mass is 426 g/mol. The van der Waals surface area contributed by atoms with Gasteiger partial charge in [-0.15, -0.1) is 0 Å². The van der Waals surface area contributed by atoms with E-state index < -0.39 is 0 Å². The Bertz CT molecular complexity index is 839. The van der Waals surface area contributed by atoms with E-state index >= 15 is 0 Å². The Labute approximate surface area is 187 Å². The fourth-order valence-corrected chi connectivity index (χ4v) is 5.02. The van der Waals surface area contributed by atoms with Gasteiger partial charge in [-0.25, -0.2) is 0 Å². The lowest BCUT2D eigenvalue weighted by Crippen LogP contribution is -2.52. The molecule has 0 spiro atoms. The van der Waals surface area contributed by atoms with Gasteiger partial charge in [0.2, 0.25) is 0 Å². The summed E-state index contributed by atoms with van der Waals surface area (Å²) in [5.41, 5.74) is 2.78. The van der Waals surface area contributed by atoms with Gasteiger partial charge in [-0.2, -0.15) is 0 Å². The summed E-state index contributed by atoms with van der Waals surface area (Å²) in [5.74, 6) is 3.03. The largest absolute Gasteiger partial charge is 0.497 e. The first-order valence-electron chi connectivity index (χ1n) is 11.2. The van der Waals surface area contributed by atoms with Crippen LogP contribution in [0.4, 0.5) is 0 Å². The standard InChI is InChI=1S/C26H38N2O3/c1-19-18-28(3)20(2)16-26(19,22-8-10-23(29-4)11-9-22)13-14-27-17-21-7-12-24(30-5)25(15-21)31-6/h7-12,15,19-20,27H,13-14,16-18H2,1-6H3/t19-,20+,26-/m1/s1. The second kappa shape index (κ2) is 10.4. The molecule has 1 aliphatic rings. The molecule has 170 valence electrons. The molecule has 5 heteroatoms. The van der Waals surface area contributed by atoms with Crippen molar-refractivity contribution in [1.82, 2.24) is 10.2 Å². The molecule has 2 aromatic rings. The molecule has 0 bridgehead atoms. The molecule has 0 aromatic heterocycles. The van der Waals surface area contributed by atoms with Crippen LogP contribution in [0.25, 0.3) is 0 Å². The highest BCUT2D eigenvalue weighted by Crippen LogP contribution is 2.44. The quantitative estimate of drug-likeness (QED) is 0.599. The lowest BCUT2D eigenvalue weighted by molar-refractivity contribution is 0.0688. The van der Waals surface area contributed by atoms with E-state index in [0.29, 0.717) is 12.0 Å². The van der Waals surface area contributed by atoms with E-state index in [9.17, 15) is 0 Å². The van der Waals surface area contributed by atoms with Crippen LogP contribution in [0, 0.1) is 5.92 Å². The number of hydrogen-bond acceptors (Lipinski definition) is 5. The predicted octanol–water partition coefficient (Wildman–Crippen LogP) is 4.49. The number of ether oxygens (including phenoxy) is 3. The molecule has 5 nitrogen and oxygen atoms in total. The smallest absolute Gasteiger partial charge is 0.161 e. The van der Waals surface area contributed by atoms with Crippen LogP contribution in [-0.4, -0.2) is 52.4 Å². The molecule has 1 aliphatic heterocycles. The zero-order chi connectivity index (χ0) is 22.4. The fourth-order valence-electron chi connectivity index (χ4n) is 5.02. The molecule has 1 fully saturated rings. The highest BCUT2D eigenvalue weighted by molar-refractivity contribution is 5.42. The molecule has 0 aliphatic carbocycles. The van der Waals surface area contributed by atoms with Gasteiger partial charge in [-0.1, -0.05) is 25.1 Å². The van der Waals surface area contributed by atoms with Crippen LogP contribution < -0.4 is 19.5 Å². The second-order valence-corrected chi connectivity index (χ2v) is 8.89. The Morgan fingerprint density at radius 3 is 2.32 bits per heavy atom. The maximum atomic E-state index is 5.44. The van der Waals surface area contributed by atoms with Gasteiger partial charge in [0.05, 0.1) is 21.3 Å². The van der Waals surface area contributed by atoms with Gasteiger partial charge in [-0.3, -0.25) is 0 Å². The molecule has 3 rings (SSSR count). The summed E-state index contributed by atoms with van der Waals surface area (Å²) in [6.07, 6.45) is 2.26. The Kier molecular flexibility index (Phi) is 7.84. The number of rotatable bonds is 9. The van der Waals surface area contributed by atoms with E-state index in [1.165, 1.54) is 11.1 Å². The number of hydrogen-bond donors (Lipinski definition) is 1. The summed E-state index contributed by atoms with van der Waals surface area (Å²) in [6.45, 7) is 7.63.